The van der Waals surface area contributed by atoms with Crippen molar-refractivity contribution in [1.82, 2.24) is 0 Å². The van der Waals surface area contributed by atoms with E-state index in [1.54, 1.807) is 0 Å². The molecule has 0 bridgehead atoms. The van der Waals surface area contributed by atoms with Gasteiger partial charge < -0.3 is 4.55 Å². The van der Waals surface area contributed by atoms with Crippen molar-refractivity contribution < 1.29 is 30.8 Å². The Morgan fingerprint density at radius 1 is 1.08 bits per heavy atom. The highest BCUT2D eigenvalue weighted by Crippen LogP contribution is 2.20. The lowest BCUT2D eigenvalue weighted by Crippen LogP contribution is -2.45. The molecule has 0 amide bonds. The van der Waals surface area contributed by atoms with E-state index in [2.05, 4.69) is 70.6 Å². The van der Waals surface area contributed by atoms with Crippen LogP contribution in [-0.2, 0) is 16.5 Å². The summed E-state index contributed by atoms with van der Waals surface area (Å²) in [4.78, 5) is 0. The van der Waals surface area contributed by atoms with Gasteiger partial charge in [-0.1, -0.05) is 41.1 Å². The number of hydrogen-bond donors (Lipinski definition) is 0. The van der Waals surface area contributed by atoms with E-state index < -0.39 is 15.6 Å². The Balaban J connectivity index is 0.000000242. The Morgan fingerprint density at radius 2 is 1.60 bits per heavy atom. The van der Waals surface area contributed by atoms with Gasteiger partial charge in [-0.25, -0.2) is 8.42 Å². The molecule has 0 aliphatic carbocycles. The molecule has 0 radical (unpaired) electrons. The average molecular weight is 374 g/mol. The van der Waals surface area contributed by atoms with E-state index >= 15 is 0 Å². The lowest BCUT2D eigenvalue weighted by atomic mass is 10.1. The van der Waals surface area contributed by atoms with Gasteiger partial charge in [0.1, 0.15) is 6.04 Å². The van der Waals surface area contributed by atoms with Crippen LogP contribution in [0.1, 0.15) is 12.0 Å². The minimum absolute atomic E-state index is 0.711. The molecule has 1 fully saturated rings. The van der Waals surface area contributed by atoms with Crippen molar-refractivity contribution in [3.63, 3.8) is 0 Å². The van der Waals surface area contributed by atoms with Crippen molar-refractivity contribution in [1.29, 1.82) is 0 Å². The Labute approximate surface area is 144 Å². The fourth-order valence-corrected chi connectivity index (χ4v) is 2.23. The lowest BCUT2D eigenvalue weighted by molar-refractivity contribution is -0.677. The molecular formula is C16H17F3N2O3S. The topological polar surface area (TPSA) is 64.1 Å². The highest BCUT2D eigenvalue weighted by Gasteiger charge is 2.40. The molecule has 0 spiro atoms. The SMILES string of the molecule is O=S(=O)([O-])C(F)(F)F.c1ccc(CCC2CN2[n+]2ccccc2)cc1. The molecule has 5 nitrogen and oxygen atoms in total. The summed E-state index contributed by atoms with van der Waals surface area (Å²) in [6.45, 7) is 1.18. The summed E-state index contributed by atoms with van der Waals surface area (Å²) in [6.07, 6.45) is 6.65. The van der Waals surface area contributed by atoms with Gasteiger partial charge in [-0.2, -0.15) is 18.2 Å². The Morgan fingerprint density at radius 3 is 2.12 bits per heavy atom. The zero-order chi connectivity index (χ0) is 18.5. The summed E-state index contributed by atoms with van der Waals surface area (Å²) >= 11 is 0. The molecule has 1 aliphatic heterocycles. The predicted octanol–water partition coefficient (Wildman–Crippen LogP) is 1.98. The first-order chi connectivity index (χ1) is 11.7. The predicted molar refractivity (Wildman–Crippen MR) is 84.0 cm³/mol. The van der Waals surface area contributed by atoms with Gasteiger partial charge in [0.2, 0.25) is 0 Å². The van der Waals surface area contributed by atoms with Gasteiger partial charge in [0.05, 0.1) is 6.54 Å². The van der Waals surface area contributed by atoms with Crippen molar-refractivity contribution >= 4 is 10.1 Å². The number of rotatable bonds is 4. The van der Waals surface area contributed by atoms with Crippen molar-refractivity contribution in [3.05, 3.63) is 66.5 Å². The maximum absolute atomic E-state index is 10.7. The van der Waals surface area contributed by atoms with Crippen LogP contribution in [0.5, 0.6) is 0 Å². The van der Waals surface area contributed by atoms with Crippen LogP contribution in [0.2, 0.25) is 0 Å². The van der Waals surface area contributed by atoms with Crippen LogP contribution in [0.4, 0.5) is 13.2 Å². The monoisotopic (exact) mass is 374 g/mol. The van der Waals surface area contributed by atoms with Crippen LogP contribution in [0, 0.1) is 0 Å². The van der Waals surface area contributed by atoms with Crippen LogP contribution < -0.4 is 9.69 Å². The molecule has 1 aromatic carbocycles. The smallest absolute Gasteiger partial charge is 0.485 e. The van der Waals surface area contributed by atoms with Crippen LogP contribution in [0.15, 0.2) is 60.9 Å². The minimum Gasteiger partial charge on any atom is -0.741 e. The van der Waals surface area contributed by atoms with E-state index in [0.717, 1.165) is 0 Å². The lowest BCUT2D eigenvalue weighted by Gasteiger charge is -2.08. The van der Waals surface area contributed by atoms with E-state index in [-0.39, 0.29) is 0 Å². The second-order valence-corrected chi connectivity index (χ2v) is 6.83. The minimum atomic E-state index is -6.09. The number of pyridine rings is 1. The average Bonchev–Trinajstić information content (AvgIpc) is 3.33. The molecule has 0 N–H and O–H groups in total. The fraction of sp³-hybridized carbons (Fsp3) is 0.312. The number of alkyl halides is 3. The maximum Gasteiger partial charge on any atom is 0.485 e. The van der Waals surface area contributed by atoms with E-state index in [1.165, 1.54) is 24.9 Å². The molecule has 1 aliphatic rings. The zero-order valence-corrected chi connectivity index (χ0v) is 13.9. The number of aromatic nitrogens is 1. The molecule has 3 rings (SSSR count). The molecule has 1 aromatic heterocycles. The van der Waals surface area contributed by atoms with Gasteiger partial charge in [-0.3, -0.25) is 0 Å². The van der Waals surface area contributed by atoms with Crippen molar-refractivity contribution in [2.45, 2.75) is 24.4 Å². The first-order valence-corrected chi connectivity index (χ1v) is 8.88. The van der Waals surface area contributed by atoms with E-state index in [1.807, 2.05) is 0 Å². The zero-order valence-electron chi connectivity index (χ0n) is 13.1. The quantitative estimate of drug-likeness (QED) is 0.355. The summed E-state index contributed by atoms with van der Waals surface area (Å²) < 4.78 is 61.1. The van der Waals surface area contributed by atoms with Gasteiger partial charge in [-0.05, 0) is 18.4 Å². The summed E-state index contributed by atoms with van der Waals surface area (Å²) in [5, 5.41) is 2.39. The third-order valence-corrected chi connectivity index (χ3v) is 4.14. The number of benzene rings is 1. The molecule has 25 heavy (non-hydrogen) atoms. The molecule has 1 atom stereocenters. The molecule has 9 heteroatoms. The molecule has 0 saturated carbocycles. The summed E-state index contributed by atoms with van der Waals surface area (Å²) in [6, 6.07) is 17.6. The van der Waals surface area contributed by atoms with Gasteiger partial charge in [-0.15, -0.1) is 0 Å². The Bertz CT molecular complexity index is 768. The second kappa shape index (κ2) is 7.83. The highest BCUT2D eigenvalue weighted by atomic mass is 32.2. The number of nitrogens with zero attached hydrogens (tertiary/aromatic N) is 2. The van der Waals surface area contributed by atoms with Crippen molar-refractivity contribution in [2.75, 3.05) is 11.6 Å². The Hall–Kier alpha value is -2.13. The van der Waals surface area contributed by atoms with Crippen molar-refractivity contribution in [3.8, 4) is 0 Å². The van der Waals surface area contributed by atoms with E-state index in [4.69, 9.17) is 13.0 Å². The molecule has 1 unspecified atom stereocenters. The first kappa shape index (κ1) is 19.2. The highest BCUT2D eigenvalue weighted by molar-refractivity contribution is 7.86. The second-order valence-electron chi connectivity index (χ2n) is 5.46. The molecular weight excluding hydrogens is 357 g/mol. The molecule has 2 heterocycles. The largest absolute Gasteiger partial charge is 0.741 e. The maximum atomic E-state index is 10.7. The molecule has 1 saturated heterocycles. The van der Waals surface area contributed by atoms with Crippen LogP contribution in [0.3, 0.4) is 0 Å². The number of aryl methyl sites for hydroxylation is 1. The standard InChI is InChI=1S/C15H17N2.CHF3O3S/c1-3-7-14(8-4-1)9-10-15-13-17(15)16-11-5-2-6-12-16;2-1(3,4)8(5,6)7/h1-8,11-12,15H,9-10,13H2;(H,5,6,7)/q+1;/p-1. The van der Waals surface area contributed by atoms with Crippen LogP contribution in [-0.4, -0.2) is 31.1 Å². The Kier molecular flexibility index (Phi) is 6.02. The third-order valence-electron chi connectivity index (χ3n) is 3.57. The normalized spacial score (nSPS) is 16.8. The van der Waals surface area contributed by atoms with Crippen LogP contribution in [0.25, 0.3) is 0 Å². The van der Waals surface area contributed by atoms with Gasteiger partial charge in [0.25, 0.3) is 0 Å². The first-order valence-electron chi connectivity index (χ1n) is 7.48. The van der Waals surface area contributed by atoms with E-state index in [0.29, 0.717) is 6.04 Å². The number of hydrogen-bond acceptors (Lipinski definition) is 4. The van der Waals surface area contributed by atoms with Crippen molar-refractivity contribution in [2.24, 2.45) is 0 Å². The van der Waals surface area contributed by atoms with Gasteiger partial charge in [0.15, 0.2) is 22.5 Å². The van der Waals surface area contributed by atoms with Crippen LogP contribution >= 0.6 is 0 Å². The molecule has 136 valence electrons. The molecule has 2 aromatic rings. The summed E-state index contributed by atoms with van der Waals surface area (Å²) in [5.41, 5.74) is -4.20. The third kappa shape index (κ3) is 6.02. The number of halogens is 3. The summed E-state index contributed by atoms with van der Waals surface area (Å²) in [5.74, 6) is 0. The van der Waals surface area contributed by atoms with Gasteiger partial charge >= 0.3 is 5.51 Å². The van der Waals surface area contributed by atoms with E-state index in [9.17, 15) is 13.2 Å². The van der Waals surface area contributed by atoms with Gasteiger partial charge in [0, 0.05) is 12.1 Å². The fourth-order valence-electron chi connectivity index (χ4n) is 2.23. The summed E-state index contributed by atoms with van der Waals surface area (Å²) in [7, 11) is -6.09.